The van der Waals surface area contributed by atoms with Gasteiger partial charge in [-0.05, 0) is 53.3 Å². The summed E-state index contributed by atoms with van der Waals surface area (Å²) in [5, 5.41) is 12.0. The van der Waals surface area contributed by atoms with Crippen molar-refractivity contribution in [3.05, 3.63) is 69.6 Å². The molecule has 40 heavy (non-hydrogen) atoms. The second-order valence-corrected chi connectivity index (χ2v) is 21.6. The van der Waals surface area contributed by atoms with Crippen LogP contribution in [0.25, 0.3) is 0 Å². The average Bonchev–Trinajstić information content (AvgIpc) is 2.89. The molecule has 0 saturated carbocycles. The molecule has 7 nitrogen and oxygen atoms in total. The Balaban J connectivity index is 1.70. The molecule has 0 unspecified atom stereocenters. The number of aliphatic hydroxyl groups excluding tert-OH is 1. The monoisotopic (exact) mass is 587 g/mol. The number of rotatable bonds is 9. The zero-order chi connectivity index (χ0) is 29.4. The van der Waals surface area contributed by atoms with E-state index in [4.69, 9.17) is 18.0 Å². The van der Waals surface area contributed by atoms with Gasteiger partial charge in [-0.1, -0.05) is 72.7 Å². The quantitative estimate of drug-likeness (QED) is 0.366. The van der Waals surface area contributed by atoms with Crippen molar-refractivity contribution in [2.45, 2.75) is 122 Å². The van der Waals surface area contributed by atoms with Crippen LogP contribution in [0, 0.1) is 0 Å². The maximum Gasteiger partial charge on any atom is 0.332 e. The molecule has 3 heterocycles. The number of nitrogens with zero attached hydrogens (tertiary/aromatic N) is 1. The van der Waals surface area contributed by atoms with Crippen molar-refractivity contribution in [1.82, 2.24) is 4.57 Å². The summed E-state index contributed by atoms with van der Waals surface area (Å²) in [5.74, 6) is 0. The number of aliphatic hydroxyl groups is 1. The van der Waals surface area contributed by atoms with E-state index in [1.807, 2.05) is 19.3 Å². The molecule has 4 rings (SSSR count). The zero-order valence-electron chi connectivity index (χ0n) is 25.7. The number of aromatic nitrogens is 1. The highest BCUT2D eigenvalue weighted by Crippen LogP contribution is 2.47. The molecule has 0 aliphatic carbocycles. The van der Waals surface area contributed by atoms with Crippen LogP contribution >= 0.6 is 0 Å². The Morgan fingerprint density at radius 1 is 1.00 bits per heavy atom. The number of hydrogen-bond donors (Lipinski definition) is 1. The lowest BCUT2D eigenvalue weighted by Crippen LogP contribution is -2.67. The van der Waals surface area contributed by atoms with Gasteiger partial charge in [0.25, 0.3) is 5.56 Å². The third kappa shape index (κ3) is 6.26. The minimum Gasteiger partial charge on any atom is -0.408 e. The van der Waals surface area contributed by atoms with Crippen LogP contribution in [-0.2, 0) is 31.0 Å². The van der Waals surface area contributed by atoms with E-state index in [-0.39, 0.29) is 11.7 Å². The van der Waals surface area contributed by atoms with E-state index in [0.717, 1.165) is 17.5 Å². The van der Waals surface area contributed by atoms with Crippen LogP contribution in [0.15, 0.2) is 47.4 Å². The van der Waals surface area contributed by atoms with Crippen molar-refractivity contribution in [2.24, 2.45) is 0 Å². The first kappa shape index (κ1) is 31.3. The third-order valence-electron chi connectivity index (χ3n) is 8.84. The second-order valence-electron chi connectivity index (χ2n) is 12.9. The molecule has 5 atom stereocenters. The molecule has 2 fully saturated rings. The predicted octanol–water partition coefficient (Wildman–Crippen LogP) is 5.94. The van der Waals surface area contributed by atoms with E-state index >= 15 is 0 Å². The van der Waals surface area contributed by atoms with Crippen LogP contribution in [0.2, 0.25) is 29.7 Å². The Hall–Kier alpha value is -1.60. The van der Waals surface area contributed by atoms with Crippen molar-refractivity contribution in [1.29, 1.82) is 0 Å². The summed E-state index contributed by atoms with van der Waals surface area (Å²) in [6, 6.07) is 11.7. The van der Waals surface area contributed by atoms with Gasteiger partial charge in [0.05, 0.1) is 13.2 Å². The van der Waals surface area contributed by atoms with Gasteiger partial charge in [0, 0.05) is 17.8 Å². The minimum atomic E-state index is -2.40. The van der Waals surface area contributed by atoms with Gasteiger partial charge in [-0.2, -0.15) is 0 Å². The van der Waals surface area contributed by atoms with Gasteiger partial charge in [0.1, 0.15) is 30.5 Å². The van der Waals surface area contributed by atoms with E-state index in [0.29, 0.717) is 29.8 Å². The molecule has 1 aromatic heterocycles. The second kappa shape index (κ2) is 12.3. The smallest absolute Gasteiger partial charge is 0.332 e. The van der Waals surface area contributed by atoms with E-state index < -0.39 is 41.3 Å². The maximum atomic E-state index is 12.8. The minimum absolute atomic E-state index is 0.0952. The first-order chi connectivity index (χ1) is 18.8. The van der Waals surface area contributed by atoms with Crippen LogP contribution in [0.4, 0.5) is 0 Å². The van der Waals surface area contributed by atoms with Crippen molar-refractivity contribution in [3.8, 4) is 0 Å². The molecule has 1 aromatic carbocycles. The Labute approximate surface area is 242 Å². The van der Waals surface area contributed by atoms with Gasteiger partial charge in [-0.25, -0.2) is 0 Å². The summed E-state index contributed by atoms with van der Waals surface area (Å²) >= 11 is 0. The lowest BCUT2D eigenvalue weighted by atomic mass is 9.92. The number of fused-ring (bicyclic) bond motifs is 1. The van der Waals surface area contributed by atoms with Crippen LogP contribution in [-0.4, -0.2) is 57.6 Å². The van der Waals surface area contributed by atoms with E-state index in [9.17, 15) is 9.90 Å². The molecule has 222 valence electrons. The standard InChI is InChI=1S/C31H49NO6Si2/c1-10-23-11-13-24(14-12-23)17-32-18-25(15-16-27(32)33)29-28(34)31(30-26(36-29)19-35-39(8,9)37-30)38-40(20(2)3,21(4)5)22(6)7/h11-16,18,20-22,26,28-31,34H,10,17,19H2,1-9H3/t26-,28+,29+,30-,31-/m1/s1. The zero-order valence-corrected chi connectivity index (χ0v) is 27.7. The van der Waals surface area contributed by atoms with Gasteiger partial charge < -0.3 is 27.7 Å². The fourth-order valence-electron chi connectivity index (χ4n) is 6.82. The summed E-state index contributed by atoms with van der Waals surface area (Å²) < 4.78 is 28.1. The van der Waals surface area contributed by atoms with Gasteiger partial charge in [-0.15, -0.1) is 0 Å². The maximum absolute atomic E-state index is 12.8. The molecule has 2 saturated heterocycles. The van der Waals surface area contributed by atoms with E-state index in [1.54, 1.807) is 16.7 Å². The molecule has 2 aliphatic rings. The van der Waals surface area contributed by atoms with Gasteiger partial charge in [-0.3, -0.25) is 4.79 Å². The van der Waals surface area contributed by atoms with Gasteiger partial charge >= 0.3 is 8.56 Å². The molecular weight excluding hydrogens is 539 g/mol. The highest BCUT2D eigenvalue weighted by molar-refractivity contribution is 6.77. The highest BCUT2D eigenvalue weighted by atomic mass is 28.4. The molecule has 2 aromatic rings. The van der Waals surface area contributed by atoms with Crippen LogP contribution in [0.5, 0.6) is 0 Å². The summed E-state index contributed by atoms with van der Waals surface area (Å²) in [7, 11) is -4.76. The van der Waals surface area contributed by atoms with Gasteiger partial charge in [0.15, 0.2) is 0 Å². The van der Waals surface area contributed by atoms with E-state index in [2.05, 4.69) is 72.7 Å². The summed E-state index contributed by atoms with van der Waals surface area (Å²) in [6.45, 7) is 20.5. The normalized spacial score (nSPS) is 26.9. The topological polar surface area (TPSA) is 79.2 Å². The van der Waals surface area contributed by atoms with Crippen molar-refractivity contribution in [3.63, 3.8) is 0 Å². The third-order valence-corrected chi connectivity index (χ3v) is 16.6. The number of benzene rings is 1. The molecule has 0 amide bonds. The van der Waals surface area contributed by atoms with Gasteiger partial charge in [0.2, 0.25) is 8.32 Å². The van der Waals surface area contributed by atoms with Crippen molar-refractivity contribution < 1.29 is 23.1 Å². The average molecular weight is 588 g/mol. The number of ether oxygens (including phenoxy) is 1. The summed E-state index contributed by atoms with van der Waals surface area (Å²) in [4.78, 5) is 12.8. The molecular formula is C31H49NO6Si2. The molecule has 2 aliphatic heterocycles. The van der Waals surface area contributed by atoms with Crippen molar-refractivity contribution >= 4 is 16.9 Å². The lowest BCUT2D eigenvalue weighted by molar-refractivity contribution is -0.239. The summed E-state index contributed by atoms with van der Waals surface area (Å²) in [6.07, 6.45) is -0.176. The number of pyridine rings is 1. The number of aryl methyl sites for hydroxylation is 1. The predicted molar refractivity (Wildman–Crippen MR) is 163 cm³/mol. The van der Waals surface area contributed by atoms with Crippen molar-refractivity contribution in [2.75, 3.05) is 6.61 Å². The highest BCUT2D eigenvalue weighted by Gasteiger charge is 2.56. The summed E-state index contributed by atoms with van der Waals surface area (Å²) in [5.41, 5.74) is 4.02. The fraction of sp³-hybridized carbons (Fsp3) is 0.645. The molecule has 0 radical (unpaired) electrons. The molecule has 1 N–H and O–H groups in total. The SMILES string of the molecule is CCc1ccc(Cn2cc([C@@H]3O[C@@H]4CO[Si](C)(C)O[C@H]4[C@H](O[Si](C(C)C)(C(C)C)C(C)C)[C@H]3O)ccc2=O)cc1. The Morgan fingerprint density at radius 2 is 1.60 bits per heavy atom. The Morgan fingerprint density at radius 3 is 2.17 bits per heavy atom. The Bertz CT molecular complexity index is 1170. The molecule has 0 bridgehead atoms. The largest absolute Gasteiger partial charge is 0.408 e. The van der Waals surface area contributed by atoms with E-state index in [1.165, 1.54) is 5.56 Å². The van der Waals surface area contributed by atoms with Crippen LogP contribution < -0.4 is 5.56 Å². The van der Waals surface area contributed by atoms with Crippen LogP contribution in [0.3, 0.4) is 0 Å². The first-order valence-corrected chi connectivity index (χ1v) is 19.9. The molecule has 0 spiro atoms. The molecule has 9 heteroatoms. The lowest BCUT2D eigenvalue weighted by Gasteiger charge is -2.54. The fourth-order valence-corrected chi connectivity index (χ4v) is 14.0. The van der Waals surface area contributed by atoms with Crippen LogP contribution in [0.1, 0.15) is 71.3 Å². The first-order valence-electron chi connectivity index (χ1n) is 14.9. The Kier molecular flexibility index (Phi) is 9.66. The number of hydrogen-bond acceptors (Lipinski definition) is 6.